The summed E-state index contributed by atoms with van der Waals surface area (Å²) in [7, 11) is 0. The van der Waals surface area contributed by atoms with Crippen LogP contribution in [0, 0.1) is 5.92 Å². The van der Waals surface area contributed by atoms with Gasteiger partial charge >= 0.3 is 0 Å². The molecule has 1 aliphatic rings. The maximum Gasteiger partial charge on any atom is 0.165 e. The summed E-state index contributed by atoms with van der Waals surface area (Å²) < 4.78 is 5.21. The highest BCUT2D eigenvalue weighted by atomic mass is 16.5. The second-order valence-electron chi connectivity index (χ2n) is 2.62. The monoisotopic (exact) mass is 152 g/mol. The molecule has 0 fully saturated rings. The van der Waals surface area contributed by atoms with Gasteiger partial charge in [0.15, 0.2) is 5.78 Å². The Morgan fingerprint density at radius 2 is 2.36 bits per heavy atom. The molecule has 0 bridgehead atoms. The van der Waals surface area contributed by atoms with Gasteiger partial charge in [-0.3, -0.25) is 4.79 Å². The summed E-state index contributed by atoms with van der Waals surface area (Å²) in [6, 6.07) is 0. The van der Waals surface area contributed by atoms with E-state index in [2.05, 4.69) is 0 Å². The molecule has 0 saturated carbocycles. The molecular formula is C9H12O2. The zero-order chi connectivity index (χ0) is 8.27. The normalized spacial score (nSPS) is 30.9. The molecule has 0 radical (unpaired) electrons. The molecule has 2 nitrogen and oxygen atoms in total. The lowest BCUT2D eigenvalue weighted by atomic mass is 9.97. The van der Waals surface area contributed by atoms with Gasteiger partial charge in [-0.25, -0.2) is 0 Å². The van der Waals surface area contributed by atoms with Crippen molar-refractivity contribution >= 4 is 5.78 Å². The minimum atomic E-state index is -0.0718. The topological polar surface area (TPSA) is 26.3 Å². The van der Waals surface area contributed by atoms with E-state index in [1.54, 1.807) is 0 Å². The van der Waals surface area contributed by atoms with Gasteiger partial charge in [0.2, 0.25) is 0 Å². The van der Waals surface area contributed by atoms with Gasteiger partial charge < -0.3 is 4.74 Å². The average Bonchev–Trinajstić information content (AvgIpc) is 1.99. The fourth-order valence-corrected chi connectivity index (χ4v) is 1.03. The third kappa shape index (κ3) is 1.70. The molecule has 2 atom stereocenters. The Bertz CT molecular complexity index is 204. The molecule has 60 valence electrons. The van der Waals surface area contributed by atoms with E-state index in [-0.39, 0.29) is 17.8 Å². The van der Waals surface area contributed by atoms with E-state index in [4.69, 9.17) is 4.74 Å². The lowest BCUT2D eigenvalue weighted by Gasteiger charge is -2.21. The van der Waals surface area contributed by atoms with Crippen LogP contribution in [0.4, 0.5) is 0 Å². The maximum absolute atomic E-state index is 11.1. The van der Waals surface area contributed by atoms with E-state index in [0.29, 0.717) is 0 Å². The van der Waals surface area contributed by atoms with Crippen LogP contribution >= 0.6 is 0 Å². The summed E-state index contributed by atoms with van der Waals surface area (Å²) >= 11 is 0. The number of hydrogen-bond acceptors (Lipinski definition) is 2. The fourth-order valence-electron chi connectivity index (χ4n) is 1.03. The van der Waals surface area contributed by atoms with Crippen LogP contribution in [0.25, 0.3) is 0 Å². The SMILES string of the molecule is C/C=C/[C@@H]1OC=CC(=O)[C@@H]1C. The third-order valence-electron chi connectivity index (χ3n) is 1.79. The summed E-state index contributed by atoms with van der Waals surface area (Å²) in [6.45, 7) is 3.79. The van der Waals surface area contributed by atoms with E-state index in [1.807, 2.05) is 26.0 Å². The number of hydrogen-bond donors (Lipinski definition) is 0. The van der Waals surface area contributed by atoms with Crippen molar-refractivity contribution in [2.75, 3.05) is 0 Å². The van der Waals surface area contributed by atoms with Crippen molar-refractivity contribution in [3.63, 3.8) is 0 Å². The van der Waals surface area contributed by atoms with Crippen LogP contribution in [0.1, 0.15) is 13.8 Å². The Hall–Kier alpha value is -1.05. The Morgan fingerprint density at radius 3 is 3.00 bits per heavy atom. The van der Waals surface area contributed by atoms with Crippen LogP contribution in [0.3, 0.4) is 0 Å². The van der Waals surface area contributed by atoms with Crippen LogP contribution in [-0.2, 0) is 9.53 Å². The van der Waals surface area contributed by atoms with Crippen molar-refractivity contribution in [3.8, 4) is 0 Å². The molecule has 0 saturated heterocycles. The van der Waals surface area contributed by atoms with Gasteiger partial charge in [-0.05, 0) is 13.0 Å². The van der Waals surface area contributed by atoms with Gasteiger partial charge in [0.05, 0.1) is 12.2 Å². The van der Waals surface area contributed by atoms with Crippen molar-refractivity contribution < 1.29 is 9.53 Å². The first-order valence-corrected chi connectivity index (χ1v) is 3.74. The lowest BCUT2D eigenvalue weighted by molar-refractivity contribution is -0.121. The second-order valence-corrected chi connectivity index (χ2v) is 2.62. The number of rotatable bonds is 1. The zero-order valence-electron chi connectivity index (χ0n) is 6.78. The molecule has 0 amide bonds. The first-order valence-electron chi connectivity index (χ1n) is 3.74. The molecular weight excluding hydrogens is 140 g/mol. The highest BCUT2D eigenvalue weighted by molar-refractivity contribution is 5.92. The summed E-state index contributed by atoms with van der Waals surface area (Å²) in [4.78, 5) is 11.1. The molecule has 0 spiro atoms. The van der Waals surface area contributed by atoms with E-state index >= 15 is 0 Å². The highest BCUT2D eigenvalue weighted by Gasteiger charge is 2.23. The van der Waals surface area contributed by atoms with Gasteiger partial charge in [0, 0.05) is 6.08 Å². The van der Waals surface area contributed by atoms with Gasteiger partial charge in [0.1, 0.15) is 6.10 Å². The molecule has 0 N–H and O–H groups in total. The molecule has 1 rings (SSSR count). The molecule has 1 heterocycles. The van der Waals surface area contributed by atoms with Gasteiger partial charge in [-0.1, -0.05) is 13.0 Å². The van der Waals surface area contributed by atoms with Gasteiger partial charge in [-0.2, -0.15) is 0 Å². The number of carbonyl (C=O) groups is 1. The molecule has 0 aromatic rings. The standard InChI is InChI=1S/C9H12O2/c1-3-4-9-7(2)8(10)5-6-11-9/h3-7,9H,1-2H3/b4-3+/t7-,9-/m0/s1. The molecule has 11 heavy (non-hydrogen) atoms. The smallest absolute Gasteiger partial charge is 0.165 e. The van der Waals surface area contributed by atoms with Crippen molar-refractivity contribution in [1.29, 1.82) is 0 Å². The summed E-state index contributed by atoms with van der Waals surface area (Å²) in [5.41, 5.74) is 0. The molecule has 0 aliphatic carbocycles. The van der Waals surface area contributed by atoms with Crippen LogP contribution in [0.2, 0.25) is 0 Å². The first-order chi connectivity index (χ1) is 5.25. The van der Waals surface area contributed by atoms with Gasteiger partial charge in [0.25, 0.3) is 0 Å². The molecule has 1 aliphatic heterocycles. The molecule has 0 aromatic carbocycles. The van der Waals surface area contributed by atoms with Crippen LogP contribution in [0.5, 0.6) is 0 Å². The van der Waals surface area contributed by atoms with E-state index < -0.39 is 0 Å². The predicted octanol–water partition coefficient (Wildman–Crippen LogP) is 1.68. The average molecular weight is 152 g/mol. The Balaban J connectivity index is 2.70. The third-order valence-corrected chi connectivity index (χ3v) is 1.79. The summed E-state index contributed by atoms with van der Waals surface area (Å²) in [6.07, 6.45) is 6.66. The molecule has 2 heteroatoms. The van der Waals surface area contributed by atoms with Gasteiger partial charge in [-0.15, -0.1) is 0 Å². The summed E-state index contributed by atoms with van der Waals surface area (Å²) in [5, 5.41) is 0. The minimum Gasteiger partial charge on any atom is -0.493 e. The van der Waals surface area contributed by atoms with Crippen molar-refractivity contribution in [1.82, 2.24) is 0 Å². The Labute approximate surface area is 66.5 Å². The molecule has 0 aromatic heterocycles. The van der Waals surface area contributed by atoms with Crippen LogP contribution < -0.4 is 0 Å². The summed E-state index contributed by atoms with van der Waals surface area (Å²) in [5.74, 6) is 0.0931. The number of carbonyl (C=O) groups excluding carboxylic acids is 1. The predicted molar refractivity (Wildman–Crippen MR) is 43.0 cm³/mol. The molecule has 0 unspecified atom stereocenters. The lowest BCUT2D eigenvalue weighted by Crippen LogP contribution is -2.27. The largest absolute Gasteiger partial charge is 0.493 e. The number of ether oxygens (including phenoxy) is 1. The van der Waals surface area contributed by atoms with E-state index in [9.17, 15) is 4.79 Å². The van der Waals surface area contributed by atoms with Crippen LogP contribution in [-0.4, -0.2) is 11.9 Å². The second kappa shape index (κ2) is 3.37. The quantitative estimate of drug-likeness (QED) is 0.534. The first kappa shape index (κ1) is 8.05. The zero-order valence-corrected chi connectivity index (χ0v) is 6.78. The maximum atomic E-state index is 11.1. The van der Waals surface area contributed by atoms with Crippen molar-refractivity contribution in [2.24, 2.45) is 5.92 Å². The number of ketones is 1. The highest BCUT2D eigenvalue weighted by Crippen LogP contribution is 2.15. The Kier molecular flexibility index (Phi) is 2.47. The Morgan fingerprint density at radius 1 is 1.64 bits per heavy atom. The van der Waals surface area contributed by atoms with Crippen molar-refractivity contribution in [3.05, 3.63) is 24.5 Å². The van der Waals surface area contributed by atoms with E-state index in [0.717, 1.165) is 0 Å². The number of allylic oxidation sites excluding steroid dienone is 2. The van der Waals surface area contributed by atoms with Crippen LogP contribution in [0.15, 0.2) is 24.5 Å². The minimum absolute atomic E-state index is 0.0452. The fraction of sp³-hybridized carbons (Fsp3) is 0.444. The van der Waals surface area contributed by atoms with E-state index in [1.165, 1.54) is 12.3 Å². The van der Waals surface area contributed by atoms with Crippen molar-refractivity contribution in [2.45, 2.75) is 20.0 Å².